The van der Waals surface area contributed by atoms with E-state index >= 15 is 0 Å². The van der Waals surface area contributed by atoms with Gasteiger partial charge < -0.3 is 15.8 Å². The molecule has 9 heteroatoms. The van der Waals surface area contributed by atoms with Crippen molar-refractivity contribution in [3.05, 3.63) is 29.6 Å². The predicted molar refractivity (Wildman–Crippen MR) is 91.0 cm³/mol. The fourth-order valence-corrected chi connectivity index (χ4v) is 2.08. The number of rotatable bonds is 6. The Morgan fingerprint density at radius 1 is 1.32 bits per heavy atom. The summed E-state index contributed by atoms with van der Waals surface area (Å²) in [5, 5.41) is 13.9. The normalized spacial score (nSPS) is 12.0. The van der Waals surface area contributed by atoms with Gasteiger partial charge in [0.25, 0.3) is 5.91 Å². The molecule has 0 fully saturated rings. The van der Waals surface area contributed by atoms with E-state index < -0.39 is 12.1 Å². The standard InChI is InChI=1S/C16H22N6O3/c1-9(2)8-18-15(23)10(3)25-16(24)13-6-5-12(17)7-14(13)22-11(4)19-20-21-22/h5-7,9-10H,8,17H2,1-4H3,(H,18,23). The van der Waals surface area contributed by atoms with Gasteiger partial charge in [0.05, 0.1) is 11.3 Å². The van der Waals surface area contributed by atoms with Crippen molar-refractivity contribution >= 4 is 17.6 Å². The number of nitrogens with two attached hydrogens (primary N) is 1. The van der Waals surface area contributed by atoms with Gasteiger partial charge in [-0.1, -0.05) is 13.8 Å². The first-order valence-corrected chi connectivity index (χ1v) is 7.93. The second kappa shape index (κ2) is 7.73. The van der Waals surface area contributed by atoms with E-state index in [1.807, 2.05) is 13.8 Å². The summed E-state index contributed by atoms with van der Waals surface area (Å²) in [4.78, 5) is 24.5. The van der Waals surface area contributed by atoms with E-state index in [0.717, 1.165) is 0 Å². The molecule has 0 saturated carbocycles. The van der Waals surface area contributed by atoms with Crippen LogP contribution in [0.5, 0.6) is 0 Å². The summed E-state index contributed by atoms with van der Waals surface area (Å²) in [6, 6.07) is 4.67. The molecule has 0 bridgehead atoms. The lowest BCUT2D eigenvalue weighted by Gasteiger charge is -2.16. The summed E-state index contributed by atoms with van der Waals surface area (Å²) in [5.74, 6) is -0.213. The molecule has 1 unspecified atom stereocenters. The van der Waals surface area contributed by atoms with Crippen molar-refractivity contribution in [2.45, 2.75) is 33.8 Å². The number of nitrogens with one attached hydrogen (secondary N) is 1. The Morgan fingerprint density at radius 2 is 2.04 bits per heavy atom. The second-order valence-electron chi connectivity index (χ2n) is 6.10. The molecule has 2 aromatic rings. The minimum atomic E-state index is -0.924. The third-order valence-electron chi connectivity index (χ3n) is 3.43. The highest BCUT2D eigenvalue weighted by atomic mass is 16.5. The van der Waals surface area contributed by atoms with E-state index in [4.69, 9.17) is 10.5 Å². The minimum absolute atomic E-state index is 0.216. The molecule has 1 amide bonds. The Labute approximate surface area is 145 Å². The number of amides is 1. The first-order valence-electron chi connectivity index (χ1n) is 7.93. The highest BCUT2D eigenvalue weighted by Gasteiger charge is 2.22. The zero-order valence-electron chi connectivity index (χ0n) is 14.7. The molecule has 25 heavy (non-hydrogen) atoms. The molecule has 0 aliphatic carbocycles. The van der Waals surface area contributed by atoms with Crippen molar-refractivity contribution in [2.75, 3.05) is 12.3 Å². The number of hydrogen-bond acceptors (Lipinski definition) is 7. The maximum atomic E-state index is 12.5. The minimum Gasteiger partial charge on any atom is -0.449 e. The van der Waals surface area contributed by atoms with Crippen LogP contribution < -0.4 is 11.1 Å². The number of anilines is 1. The van der Waals surface area contributed by atoms with Gasteiger partial charge in [0.15, 0.2) is 11.9 Å². The van der Waals surface area contributed by atoms with Gasteiger partial charge in [0.2, 0.25) is 0 Å². The summed E-state index contributed by atoms with van der Waals surface area (Å²) in [6.07, 6.45) is -0.924. The van der Waals surface area contributed by atoms with Crippen molar-refractivity contribution in [3.63, 3.8) is 0 Å². The van der Waals surface area contributed by atoms with E-state index in [-0.39, 0.29) is 11.5 Å². The molecular weight excluding hydrogens is 324 g/mol. The van der Waals surface area contributed by atoms with E-state index in [2.05, 4.69) is 20.8 Å². The number of carbonyl (C=O) groups is 2. The third kappa shape index (κ3) is 4.52. The molecule has 1 aromatic heterocycles. The summed E-state index contributed by atoms with van der Waals surface area (Å²) < 4.78 is 6.66. The Balaban J connectivity index is 2.20. The van der Waals surface area contributed by atoms with Gasteiger partial charge in [-0.25, -0.2) is 4.79 Å². The van der Waals surface area contributed by atoms with Gasteiger partial charge in [-0.2, -0.15) is 4.68 Å². The van der Waals surface area contributed by atoms with Crippen LogP contribution in [-0.2, 0) is 9.53 Å². The lowest BCUT2D eigenvalue weighted by molar-refractivity contribution is -0.129. The monoisotopic (exact) mass is 346 g/mol. The third-order valence-corrected chi connectivity index (χ3v) is 3.43. The zero-order valence-corrected chi connectivity index (χ0v) is 14.7. The number of benzene rings is 1. The van der Waals surface area contributed by atoms with Crippen molar-refractivity contribution in [3.8, 4) is 5.69 Å². The lowest BCUT2D eigenvalue weighted by atomic mass is 10.1. The highest BCUT2D eigenvalue weighted by molar-refractivity contribution is 5.96. The van der Waals surface area contributed by atoms with Crippen LogP contribution in [0.2, 0.25) is 0 Å². The number of nitrogen functional groups attached to an aromatic ring is 1. The molecule has 3 N–H and O–H groups in total. The second-order valence-corrected chi connectivity index (χ2v) is 6.10. The van der Waals surface area contributed by atoms with E-state index in [9.17, 15) is 9.59 Å². The van der Waals surface area contributed by atoms with Crippen LogP contribution in [0.3, 0.4) is 0 Å². The zero-order chi connectivity index (χ0) is 18.6. The molecule has 1 atom stereocenters. The molecule has 2 rings (SSSR count). The summed E-state index contributed by atoms with van der Waals surface area (Å²) >= 11 is 0. The SMILES string of the molecule is Cc1nnnn1-c1cc(N)ccc1C(=O)OC(C)C(=O)NCC(C)C. The lowest BCUT2D eigenvalue weighted by Crippen LogP contribution is -2.37. The number of ether oxygens (including phenoxy) is 1. The van der Waals surface area contributed by atoms with Crippen LogP contribution in [0.1, 0.15) is 37.0 Å². The average Bonchev–Trinajstić information content (AvgIpc) is 2.98. The summed E-state index contributed by atoms with van der Waals surface area (Å²) in [5.41, 5.74) is 6.86. The first-order chi connectivity index (χ1) is 11.8. The maximum Gasteiger partial charge on any atom is 0.341 e. The maximum absolute atomic E-state index is 12.5. The fourth-order valence-electron chi connectivity index (χ4n) is 2.08. The average molecular weight is 346 g/mol. The van der Waals surface area contributed by atoms with Crippen LogP contribution in [0.4, 0.5) is 5.69 Å². The quantitative estimate of drug-likeness (QED) is 0.587. The van der Waals surface area contributed by atoms with Crippen LogP contribution in [-0.4, -0.2) is 44.7 Å². The highest BCUT2D eigenvalue weighted by Crippen LogP contribution is 2.20. The first kappa shape index (κ1) is 18.4. The number of nitrogens with zero attached hydrogens (tertiary/aromatic N) is 4. The van der Waals surface area contributed by atoms with E-state index in [1.165, 1.54) is 17.7 Å². The molecule has 134 valence electrons. The van der Waals surface area contributed by atoms with Crippen molar-refractivity contribution in [2.24, 2.45) is 5.92 Å². The van der Waals surface area contributed by atoms with Gasteiger partial charge in [0.1, 0.15) is 0 Å². The molecule has 0 saturated heterocycles. The number of carbonyl (C=O) groups excluding carboxylic acids is 2. The Kier molecular flexibility index (Phi) is 5.68. The van der Waals surface area contributed by atoms with Gasteiger partial charge in [-0.15, -0.1) is 5.10 Å². The number of tetrazole rings is 1. The molecular formula is C16H22N6O3. The Morgan fingerprint density at radius 3 is 2.64 bits per heavy atom. The molecule has 0 spiro atoms. The number of hydrogen-bond donors (Lipinski definition) is 2. The van der Waals surface area contributed by atoms with Gasteiger partial charge in [-0.05, 0) is 48.4 Å². The molecule has 0 radical (unpaired) electrons. The Hall–Kier alpha value is -2.97. The van der Waals surface area contributed by atoms with Gasteiger partial charge in [0, 0.05) is 12.2 Å². The van der Waals surface area contributed by atoms with E-state index in [0.29, 0.717) is 29.7 Å². The number of aryl methyl sites for hydroxylation is 1. The molecule has 0 aliphatic rings. The largest absolute Gasteiger partial charge is 0.449 e. The molecule has 1 heterocycles. The van der Waals surface area contributed by atoms with Crippen molar-refractivity contribution < 1.29 is 14.3 Å². The van der Waals surface area contributed by atoms with E-state index in [1.54, 1.807) is 19.1 Å². The summed E-state index contributed by atoms with van der Waals surface area (Å²) in [6.45, 7) is 7.68. The Bertz CT molecular complexity index is 771. The predicted octanol–water partition coefficient (Wildman–Crippen LogP) is 0.870. The van der Waals surface area contributed by atoms with Crippen LogP contribution in [0.15, 0.2) is 18.2 Å². The van der Waals surface area contributed by atoms with Gasteiger partial charge in [-0.3, -0.25) is 4.79 Å². The number of aromatic nitrogens is 4. The summed E-state index contributed by atoms with van der Waals surface area (Å²) in [7, 11) is 0. The van der Waals surface area contributed by atoms with Gasteiger partial charge >= 0.3 is 5.97 Å². The van der Waals surface area contributed by atoms with Crippen molar-refractivity contribution in [1.29, 1.82) is 0 Å². The van der Waals surface area contributed by atoms with Crippen LogP contribution in [0, 0.1) is 12.8 Å². The molecule has 1 aromatic carbocycles. The fraction of sp³-hybridized carbons (Fsp3) is 0.438. The van der Waals surface area contributed by atoms with Crippen molar-refractivity contribution in [1.82, 2.24) is 25.5 Å². The smallest absolute Gasteiger partial charge is 0.341 e. The molecule has 9 nitrogen and oxygen atoms in total. The number of esters is 1. The topological polar surface area (TPSA) is 125 Å². The van der Waals surface area contributed by atoms with Crippen LogP contribution in [0.25, 0.3) is 5.69 Å². The van der Waals surface area contributed by atoms with Crippen LogP contribution >= 0.6 is 0 Å². The molecule has 0 aliphatic heterocycles.